The van der Waals surface area contributed by atoms with Crippen molar-refractivity contribution in [3.8, 4) is 0 Å². The molecule has 1 nitrogen and oxygen atoms in total. The van der Waals surface area contributed by atoms with E-state index < -0.39 is 0 Å². The summed E-state index contributed by atoms with van der Waals surface area (Å²) in [5, 5.41) is 11.7. The molecule has 0 aromatic heterocycles. The third kappa shape index (κ3) is 3.78. The first-order chi connectivity index (χ1) is 8.16. The Morgan fingerprint density at radius 2 is 2.12 bits per heavy atom. The van der Waals surface area contributed by atoms with Crippen LogP contribution in [0.15, 0.2) is 18.2 Å². The molecule has 1 fully saturated rings. The Balaban J connectivity index is 1.96. The molecule has 1 aliphatic rings. The van der Waals surface area contributed by atoms with E-state index in [1.54, 1.807) is 6.07 Å². The highest BCUT2D eigenvalue weighted by atomic mass is 35.5. The number of halogens is 2. The first kappa shape index (κ1) is 13.5. The molecule has 0 amide bonds. The highest BCUT2D eigenvalue weighted by Crippen LogP contribution is 2.30. The molecule has 2 rings (SSSR count). The average Bonchev–Trinajstić information content (AvgIpc) is 2.35. The van der Waals surface area contributed by atoms with Crippen LogP contribution < -0.4 is 0 Å². The molecule has 0 radical (unpaired) electrons. The van der Waals surface area contributed by atoms with Crippen LogP contribution in [0.3, 0.4) is 0 Å². The third-order valence-corrected chi connectivity index (χ3v) is 5.31. The SMILES string of the molecule is OC(Cc1ccc(Cl)c(Cl)c1)C1CCCCS1. The van der Waals surface area contributed by atoms with Gasteiger partial charge in [-0.05, 0) is 42.7 Å². The van der Waals surface area contributed by atoms with Crippen LogP contribution in [0, 0.1) is 0 Å². The zero-order chi connectivity index (χ0) is 12.3. The molecule has 1 saturated heterocycles. The number of benzene rings is 1. The van der Waals surface area contributed by atoms with Gasteiger partial charge in [0.05, 0.1) is 16.1 Å². The summed E-state index contributed by atoms with van der Waals surface area (Å²) in [7, 11) is 0. The molecule has 17 heavy (non-hydrogen) atoms. The van der Waals surface area contributed by atoms with Crippen molar-refractivity contribution < 1.29 is 5.11 Å². The van der Waals surface area contributed by atoms with Gasteiger partial charge in [-0.3, -0.25) is 0 Å². The number of aliphatic hydroxyl groups is 1. The van der Waals surface area contributed by atoms with Crippen molar-refractivity contribution in [2.45, 2.75) is 37.0 Å². The van der Waals surface area contributed by atoms with E-state index in [1.165, 1.54) is 18.6 Å². The molecule has 1 aliphatic heterocycles. The van der Waals surface area contributed by atoms with Crippen molar-refractivity contribution in [2.24, 2.45) is 0 Å². The predicted octanol–water partition coefficient (Wildman–Crippen LogP) is 4.18. The van der Waals surface area contributed by atoms with Gasteiger partial charge in [0.15, 0.2) is 0 Å². The molecule has 1 aromatic rings. The normalized spacial score (nSPS) is 22.4. The molecule has 2 atom stereocenters. The molecular formula is C13H16Cl2OS. The van der Waals surface area contributed by atoms with Gasteiger partial charge in [-0.25, -0.2) is 0 Å². The summed E-state index contributed by atoms with van der Waals surface area (Å²) in [4.78, 5) is 0. The van der Waals surface area contributed by atoms with Gasteiger partial charge < -0.3 is 5.11 Å². The molecule has 1 N–H and O–H groups in total. The van der Waals surface area contributed by atoms with Gasteiger partial charge in [-0.2, -0.15) is 11.8 Å². The quantitative estimate of drug-likeness (QED) is 0.901. The fourth-order valence-electron chi connectivity index (χ4n) is 2.11. The number of hydrogen-bond donors (Lipinski definition) is 1. The van der Waals surface area contributed by atoms with Crippen LogP contribution >= 0.6 is 35.0 Å². The lowest BCUT2D eigenvalue weighted by Crippen LogP contribution is -2.27. The van der Waals surface area contributed by atoms with Crippen LogP contribution in [-0.2, 0) is 6.42 Å². The molecule has 0 spiro atoms. The van der Waals surface area contributed by atoms with E-state index in [4.69, 9.17) is 23.2 Å². The first-order valence-corrected chi connectivity index (χ1v) is 7.71. The van der Waals surface area contributed by atoms with E-state index >= 15 is 0 Å². The minimum Gasteiger partial charge on any atom is -0.392 e. The fourth-order valence-corrected chi connectivity index (χ4v) is 3.75. The third-order valence-electron chi connectivity index (χ3n) is 3.07. The maximum absolute atomic E-state index is 10.2. The zero-order valence-electron chi connectivity index (χ0n) is 9.53. The number of rotatable bonds is 3. The van der Waals surface area contributed by atoms with Gasteiger partial charge >= 0.3 is 0 Å². The maximum Gasteiger partial charge on any atom is 0.0699 e. The Hall–Kier alpha value is 0.110. The molecule has 2 unspecified atom stereocenters. The highest BCUT2D eigenvalue weighted by molar-refractivity contribution is 8.00. The van der Waals surface area contributed by atoms with Crippen LogP contribution in [-0.4, -0.2) is 22.2 Å². The molecule has 0 saturated carbocycles. The maximum atomic E-state index is 10.2. The van der Waals surface area contributed by atoms with E-state index in [0.717, 1.165) is 12.0 Å². The van der Waals surface area contributed by atoms with E-state index in [0.29, 0.717) is 21.7 Å². The zero-order valence-corrected chi connectivity index (χ0v) is 11.9. The summed E-state index contributed by atoms with van der Waals surface area (Å²) >= 11 is 13.7. The lowest BCUT2D eigenvalue weighted by molar-refractivity contribution is 0.166. The first-order valence-electron chi connectivity index (χ1n) is 5.90. The summed E-state index contributed by atoms with van der Waals surface area (Å²) in [6, 6.07) is 5.57. The second-order valence-corrected chi connectivity index (χ2v) is 6.59. The van der Waals surface area contributed by atoms with Crippen molar-refractivity contribution in [1.29, 1.82) is 0 Å². The Labute approximate surface area is 117 Å². The van der Waals surface area contributed by atoms with Crippen molar-refractivity contribution in [2.75, 3.05) is 5.75 Å². The Morgan fingerprint density at radius 1 is 1.29 bits per heavy atom. The van der Waals surface area contributed by atoms with Gasteiger partial charge in [0.1, 0.15) is 0 Å². The summed E-state index contributed by atoms with van der Waals surface area (Å²) in [6.07, 6.45) is 4.01. The van der Waals surface area contributed by atoms with E-state index in [9.17, 15) is 5.11 Å². The minimum atomic E-state index is -0.280. The van der Waals surface area contributed by atoms with Gasteiger partial charge in [0, 0.05) is 5.25 Å². The van der Waals surface area contributed by atoms with Gasteiger partial charge in [0.25, 0.3) is 0 Å². The van der Waals surface area contributed by atoms with Crippen molar-refractivity contribution >= 4 is 35.0 Å². The largest absolute Gasteiger partial charge is 0.392 e. The topological polar surface area (TPSA) is 20.2 Å². The van der Waals surface area contributed by atoms with E-state index in [2.05, 4.69) is 0 Å². The van der Waals surface area contributed by atoms with Crippen LogP contribution in [0.25, 0.3) is 0 Å². The Bertz CT molecular complexity index is 378. The lowest BCUT2D eigenvalue weighted by atomic mass is 10.0. The van der Waals surface area contributed by atoms with Crippen molar-refractivity contribution in [3.05, 3.63) is 33.8 Å². The smallest absolute Gasteiger partial charge is 0.0699 e. The number of thioether (sulfide) groups is 1. The van der Waals surface area contributed by atoms with Crippen LogP contribution in [0.1, 0.15) is 24.8 Å². The summed E-state index contributed by atoms with van der Waals surface area (Å²) in [5.41, 5.74) is 1.05. The molecule has 1 aromatic carbocycles. The molecule has 1 heterocycles. The molecule has 0 aliphatic carbocycles. The average molecular weight is 291 g/mol. The van der Waals surface area contributed by atoms with Crippen molar-refractivity contribution in [3.63, 3.8) is 0 Å². The molecule has 4 heteroatoms. The molecular weight excluding hydrogens is 275 g/mol. The Morgan fingerprint density at radius 3 is 2.76 bits per heavy atom. The van der Waals surface area contributed by atoms with Gasteiger partial charge in [0.2, 0.25) is 0 Å². The predicted molar refractivity (Wildman–Crippen MR) is 76.3 cm³/mol. The monoisotopic (exact) mass is 290 g/mol. The van der Waals surface area contributed by atoms with Gasteiger partial charge in [-0.1, -0.05) is 35.7 Å². The standard InChI is InChI=1S/C13H16Cl2OS/c14-10-5-4-9(7-11(10)15)8-12(16)13-3-1-2-6-17-13/h4-5,7,12-13,16H,1-3,6,8H2. The number of aliphatic hydroxyl groups excluding tert-OH is 1. The van der Waals surface area contributed by atoms with Crippen molar-refractivity contribution in [1.82, 2.24) is 0 Å². The summed E-state index contributed by atoms with van der Waals surface area (Å²) in [5.74, 6) is 1.17. The second kappa shape index (κ2) is 6.33. The summed E-state index contributed by atoms with van der Waals surface area (Å²) < 4.78 is 0. The second-order valence-electron chi connectivity index (χ2n) is 4.42. The fraction of sp³-hybridized carbons (Fsp3) is 0.538. The summed E-state index contributed by atoms with van der Waals surface area (Å²) in [6.45, 7) is 0. The van der Waals surface area contributed by atoms with Gasteiger partial charge in [-0.15, -0.1) is 0 Å². The molecule has 0 bridgehead atoms. The Kier molecular flexibility index (Phi) is 5.04. The lowest BCUT2D eigenvalue weighted by Gasteiger charge is -2.26. The minimum absolute atomic E-state index is 0.280. The molecule has 94 valence electrons. The highest BCUT2D eigenvalue weighted by Gasteiger charge is 2.22. The van der Waals surface area contributed by atoms with E-state index in [1.807, 2.05) is 23.9 Å². The van der Waals surface area contributed by atoms with Crippen LogP contribution in [0.5, 0.6) is 0 Å². The number of hydrogen-bond acceptors (Lipinski definition) is 2. The van der Waals surface area contributed by atoms with E-state index in [-0.39, 0.29) is 6.10 Å². The van der Waals surface area contributed by atoms with Crippen LogP contribution in [0.2, 0.25) is 10.0 Å². The van der Waals surface area contributed by atoms with Crippen LogP contribution in [0.4, 0.5) is 0 Å².